The summed E-state index contributed by atoms with van der Waals surface area (Å²) in [4.78, 5) is 8.73. The molecule has 0 bridgehead atoms. The monoisotopic (exact) mass is 474 g/mol. The number of ether oxygens (including phenoxy) is 1. The van der Waals surface area contributed by atoms with Crippen molar-refractivity contribution in [2.75, 3.05) is 27.2 Å². The van der Waals surface area contributed by atoms with Crippen molar-refractivity contribution in [1.29, 1.82) is 0 Å². The fourth-order valence-electron chi connectivity index (χ4n) is 2.47. The Bertz CT molecular complexity index is 687. The van der Waals surface area contributed by atoms with Gasteiger partial charge in [0.1, 0.15) is 5.75 Å². The molecule has 0 saturated carbocycles. The van der Waals surface area contributed by atoms with Crippen molar-refractivity contribution in [3.05, 3.63) is 45.4 Å². The zero-order valence-corrected chi connectivity index (χ0v) is 18.4. The van der Waals surface area contributed by atoms with Gasteiger partial charge in [-0.2, -0.15) is 0 Å². The maximum atomic E-state index is 5.42. The van der Waals surface area contributed by atoms with E-state index in [4.69, 9.17) is 4.74 Å². The summed E-state index contributed by atoms with van der Waals surface area (Å²) in [6.45, 7) is 5.74. The van der Waals surface area contributed by atoms with E-state index in [9.17, 15) is 0 Å². The van der Waals surface area contributed by atoms with Crippen LogP contribution in [0.15, 0.2) is 28.6 Å². The number of halogens is 1. The van der Waals surface area contributed by atoms with Crippen LogP contribution >= 0.6 is 35.3 Å². The Balaban J connectivity index is 0.00000312. The number of aryl methyl sites for hydroxylation is 2. The lowest BCUT2D eigenvalue weighted by atomic mass is 10.1. The van der Waals surface area contributed by atoms with Crippen LogP contribution < -0.4 is 15.4 Å². The molecule has 0 unspecified atom stereocenters. The van der Waals surface area contributed by atoms with E-state index in [0.717, 1.165) is 48.3 Å². The molecule has 0 aliphatic rings. The van der Waals surface area contributed by atoms with Crippen molar-refractivity contribution in [3.63, 3.8) is 0 Å². The van der Waals surface area contributed by atoms with Crippen molar-refractivity contribution in [2.24, 2.45) is 4.99 Å². The molecule has 0 aliphatic carbocycles. The van der Waals surface area contributed by atoms with Gasteiger partial charge in [0.2, 0.25) is 0 Å². The zero-order chi connectivity index (χ0) is 17.4. The molecule has 0 fully saturated rings. The molecule has 138 valence electrons. The first-order chi connectivity index (χ1) is 11.6. The van der Waals surface area contributed by atoms with Gasteiger partial charge < -0.3 is 15.4 Å². The number of rotatable bonds is 7. The highest BCUT2D eigenvalue weighted by Gasteiger charge is 2.04. The summed E-state index contributed by atoms with van der Waals surface area (Å²) >= 11 is 1.69. The van der Waals surface area contributed by atoms with E-state index in [0.29, 0.717) is 0 Å². The summed E-state index contributed by atoms with van der Waals surface area (Å²) in [6.07, 6.45) is 1.79. The highest BCUT2D eigenvalue weighted by Crippen LogP contribution is 2.19. The zero-order valence-electron chi connectivity index (χ0n) is 15.3. The van der Waals surface area contributed by atoms with Crippen molar-refractivity contribution < 1.29 is 4.74 Å². The molecule has 0 saturated heterocycles. The Morgan fingerprint density at radius 2 is 1.92 bits per heavy atom. The summed E-state index contributed by atoms with van der Waals surface area (Å²) in [5, 5.41) is 9.89. The Kier molecular flexibility index (Phi) is 9.81. The topological polar surface area (TPSA) is 58.5 Å². The highest BCUT2D eigenvalue weighted by molar-refractivity contribution is 14.0. The highest BCUT2D eigenvalue weighted by atomic mass is 127. The predicted octanol–water partition coefficient (Wildman–Crippen LogP) is 3.34. The maximum absolute atomic E-state index is 5.42. The van der Waals surface area contributed by atoms with Gasteiger partial charge in [0.05, 0.1) is 17.8 Å². The Morgan fingerprint density at radius 3 is 2.52 bits per heavy atom. The number of aliphatic imine (C=N–C) groups is 1. The van der Waals surface area contributed by atoms with Crippen molar-refractivity contribution in [3.8, 4) is 5.75 Å². The number of thiazole rings is 1. The molecular weight excluding hydrogens is 447 g/mol. The van der Waals surface area contributed by atoms with Crippen LogP contribution in [-0.2, 0) is 12.8 Å². The molecule has 0 amide bonds. The lowest BCUT2D eigenvalue weighted by Gasteiger charge is -2.13. The number of nitrogens with one attached hydrogen (secondary N) is 2. The van der Waals surface area contributed by atoms with Gasteiger partial charge in [-0.3, -0.25) is 4.99 Å². The predicted molar refractivity (Wildman–Crippen MR) is 117 cm³/mol. The van der Waals surface area contributed by atoms with Crippen molar-refractivity contribution in [2.45, 2.75) is 26.7 Å². The summed E-state index contributed by atoms with van der Waals surface area (Å²) in [6, 6.07) is 6.26. The second kappa shape index (κ2) is 11.3. The average molecular weight is 474 g/mol. The summed E-state index contributed by atoms with van der Waals surface area (Å²) in [7, 11) is 3.50. The van der Waals surface area contributed by atoms with Gasteiger partial charge in [-0.1, -0.05) is 17.7 Å². The van der Waals surface area contributed by atoms with Crippen molar-refractivity contribution >= 4 is 41.3 Å². The van der Waals surface area contributed by atoms with E-state index in [-0.39, 0.29) is 24.0 Å². The SMILES string of the molecule is CN=C(NCCc1csc(C)n1)NCCc1cc(C)ccc1OC.I. The van der Waals surface area contributed by atoms with E-state index in [1.165, 1.54) is 11.1 Å². The van der Waals surface area contributed by atoms with Crippen LogP contribution in [-0.4, -0.2) is 38.2 Å². The molecule has 1 aromatic heterocycles. The molecule has 2 N–H and O–H groups in total. The minimum Gasteiger partial charge on any atom is -0.496 e. The largest absolute Gasteiger partial charge is 0.496 e. The van der Waals surface area contributed by atoms with Crippen LogP contribution in [0.25, 0.3) is 0 Å². The molecule has 5 nitrogen and oxygen atoms in total. The van der Waals surface area contributed by atoms with Gasteiger partial charge in [0.15, 0.2) is 5.96 Å². The van der Waals surface area contributed by atoms with E-state index in [1.807, 2.05) is 13.0 Å². The van der Waals surface area contributed by atoms with E-state index < -0.39 is 0 Å². The first kappa shape index (κ1) is 21.7. The molecular formula is C18H27IN4OS. The molecule has 1 aromatic carbocycles. The van der Waals surface area contributed by atoms with E-state index >= 15 is 0 Å². The van der Waals surface area contributed by atoms with Gasteiger partial charge in [-0.05, 0) is 31.9 Å². The molecule has 25 heavy (non-hydrogen) atoms. The molecule has 0 radical (unpaired) electrons. The minimum atomic E-state index is 0. The standard InChI is InChI=1S/C18H26N4OS.HI/c1-13-5-6-17(23-4)15(11-13)7-9-20-18(19-3)21-10-8-16-12-24-14(2)22-16;/h5-6,11-12H,7-10H2,1-4H3,(H2,19,20,21);1H. The Morgan fingerprint density at radius 1 is 1.20 bits per heavy atom. The number of methoxy groups -OCH3 is 1. The van der Waals surface area contributed by atoms with Crippen LogP contribution in [0, 0.1) is 13.8 Å². The summed E-state index contributed by atoms with van der Waals surface area (Å²) < 4.78 is 5.42. The van der Waals surface area contributed by atoms with Crippen LogP contribution in [0.1, 0.15) is 21.8 Å². The van der Waals surface area contributed by atoms with Gasteiger partial charge in [-0.25, -0.2) is 4.98 Å². The molecule has 0 spiro atoms. The minimum absolute atomic E-state index is 0. The Hall–Kier alpha value is -1.35. The van der Waals surface area contributed by atoms with Gasteiger partial charge >= 0.3 is 0 Å². The molecule has 7 heteroatoms. The number of benzene rings is 1. The maximum Gasteiger partial charge on any atom is 0.190 e. The Labute approximate surface area is 171 Å². The first-order valence-electron chi connectivity index (χ1n) is 8.11. The lowest BCUT2D eigenvalue weighted by molar-refractivity contribution is 0.409. The van der Waals surface area contributed by atoms with E-state index in [1.54, 1.807) is 25.5 Å². The van der Waals surface area contributed by atoms with Gasteiger partial charge in [-0.15, -0.1) is 35.3 Å². The van der Waals surface area contributed by atoms with Gasteiger partial charge in [0, 0.05) is 31.9 Å². The van der Waals surface area contributed by atoms with E-state index in [2.05, 4.69) is 45.0 Å². The third-order valence-corrected chi connectivity index (χ3v) is 4.51. The molecule has 0 atom stereocenters. The first-order valence-corrected chi connectivity index (χ1v) is 8.99. The summed E-state index contributed by atoms with van der Waals surface area (Å²) in [5.41, 5.74) is 3.58. The molecule has 0 aliphatic heterocycles. The average Bonchev–Trinajstić information content (AvgIpc) is 2.99. The van der Waals surface area contributed by atoms with Crippen LogP contribution in [0.4, 0.5) is 0 Å². The smallest absolute Gasteiger partial charge is 0.190 e. The van der Waals surface area contributed by atoms with Crippen molar-refractivity contribution in [1.82, 2.24) is 15.6 Å². The normalized spacial score (nSPS) is 11.0. The van der Waals surface area contributed by atoms with Gasteiger partial charge in [0.25, 0.3) is 0 Å². The quantitative estimate of drug-likeness (QED) is 0.367. The second-order valence-electron chi connectivity index (χ2n) is 5.60. The third-order valence-electron chi connectivity index (χ3n) is 3.69. The fraction of sp³-hybridized carbons (Fsp3) is 0.444. The second-order valence-corrected chi connectivity index (χ2v) is 6.66. The third kappa shape index (κ3) is 7.19. The summed E-state index contributed by atoms with van der Waals surface area (Å²) in [5.74, 6) is 1.75. The number of aromatic nitrogens is 1. The van der Waals surface area contributed by atoms with Crippen LogP contribution in [0.5, 0.6) is 5.75 Å². The number of hydrogen-bond donors (Lipinski definition) is 2. The lowest BCUT2D eigenvalue weighted by Crippen LogP contribution is -2.39. The molecule has 2 rings (SSSR count). The number of guanidine groups is 1. The fourth-order valence-corrected chi connectivity index (χ4v) is 3.12. The molecule has 2 aromatic rings. The number of nitrogens with zero attached hydrogens (tertiary/aromatic N) is 2. The van der Waals surface area contributed by atoms with Crippen LogP contribution in [0.2, 0.25) is 0 Å². The molecule has 1 heterocycles. The van der Waals surface area contributed by atoms with Crippen LogP contribution in [0.3, 0.4) is 0 Å². The number of hydrogen-bond acceptors (Lipinski definition) is 4.